The van der Waals surface area contributed by atoms with Gasteiger partial charge in [-0.3, -0.25) is 9.59 Å². The molecule has 2 amide bonds. The average Bonchev–Trinajstić information content (AvgIpc) is 2.76. The van der Waals surface area contributed by atoms with Gasteiger partial charge in [-0.25, -0.2) is 0 Å². The highest BCUT2D eigenvalue weighted by molar-refractivity contribution is 5.77. The molecule has 0 bridgehead atoms. The first-order chi connectivity index (χ1) is 14.4. The second kappa shape index (κ2) is 12.0. The van der Waals surface area contributed by atoms with Crippen LogP contribution in [0.15, 0.2) is 0 Å². The zero-order valence-corrected chi connectivity index (χ0v) is 19.9. The summed E-state index contributed by atoms with van der Waals surface area (Å²) in [5.74, 6) is 0.382. The first kappa shape index (κ1) is 25.1. The number of nitrogens with zero attached hydrogens (tertiary/aromatic N) is 3. The van der Waals surface area contributed by atoms with Crippen molar-refractivity contribution in [2.24, 2.45) is 5.92 Å². The summed E-state index contributed by atoms with van der Waals surface area (Å²) < 4.78 is 6.14. The third-order valence-electron chi connectivity index (χ3n) is 6.63. The monoisotopic (exact) mass is 426 g/mol. The molecule has 0 aromatic rings. The summed E-state index contributed by atoms with van der Waals surface area (Å²) in [6, 6.07) is 0. The molecule has 3 rings (SSSR count). The van der Waals surface area contributed by atoms with Gasteiger partial charge in [0.05, 0.1) is 11.7 Å². The topological polar surface area (TPSA) is 65.1 Å². The molecule has 3 saturated heterocycles. The van der Waals surface area contributed by atoms with Crippen LogP contribution < -0.4 is 5.32 Å². The Hall–Kier alpha value is -1.18. The lowest BCUT2D eigenvalue weighted by atomic mass is 9.80. The van der Waals surface area contributed by atoms with Gasteiger partial charge in [-0.15, -0.1) is 0 Å². The van der Waals surface area contributed by atoms with E-state index in [2.05, 4.69) is 22.0 Å². The average molecular weight is 427 g/mol. The summed E-state index contributed by atoms with van der Waals surface area (Å²) in [5.41, 5.74) is -0.0551. The second-order valence-electron chi connectivity index (χ2n) is 8.93. The van der Waals surface area contributed by atoms with E-state index in [9.17, 15) is 9.59 Å². The zero-order chi connectivity index (χ0) is 22.1. The molecule has 0 aromatic carbocycles. The van der Waals surface area contributed by atoms with E-state index in [-0.39, 0.29) is 30.9 Å². The number of piperidine rings is 1. The lowest BCUT2D eigenvalue weighted by Crippen LogP contribution is -2.59. The summed E-state index contributed by atoms with van der Waals surface area (Å²) in [6.45, 7) is 18.6. The van der Waals surface area contributed by atoms with Crippen LogP contribution >= 0.6 is 0 Å². The van der Waals surface area contributed by atoms with Crippen LogP contribution in [0.4, 0.5) is 0 Å². The third-order valence-corrected chi connectivity index (χ3v) is 6.63. The largest absolute Gasteiger partial charge is 0.370 e. The molecule has 7 heteroatoms. The SMILES string of the molecule is CC.CCN1CCN(CCC(=O)N2CCC3(CC2)CC(CNC(=O)C(C)C)O3)CC1.[HH]. The van der Waals surface area contributed by atoms with E-state index in [1.807, 2.05) is 32.6 Å². The molecular weight excluding hydrogens is 380 g/mol. The van der Waals surface area contributed by atoms with Crippen molar-refractivity contribution in [3.8, 4) is 0 Å². The highest BCUT2D eigenvalue weighted by Crippen LogP contribution is 2.41. The molecule has 0 aromatic heterocycles. The minimum absolute atomic E-state index is 0. The number of nitrogens with one attached hydrogen (secondary N) is 1. The number of carbonyl (C=O) groups excluding carboxylic acids is 2. The van der Waals surface area contributed by atoms with Gasteiger partial charge in [0.2, 0.25) is 11.8 Å². The molecule has 1 spiro atoms. The van der Waals surface area contributed by atoms with Gasteiger partial charge in [0.1, 0.15) is 0 Å². The van der Waals surface area contributed by atoms with Crippen LogP contribution in [0.2, 0.25) is 0 Å². The molecule has 0 aliphatic carbocycles. The van der Waals surface area contributed by atoms with E-state index in [0.717, 1.165) is 71.6 Å². The van der Waals surface area contributed by atoms with Crippen molar-refractivity contribution < 1.29 is 15.8 Å². The normalized spacial score (nSPS) is 24.2. The van der Waals surface area contributed by atoms with E-state index in [1.54, 1.807) is 0 Å². The quantitative estimate of drug-likeness (QED) is 0.676. The Kier molecular flexibility index (Phi) is 10.0. The molecule has 30 heavy (non-hydrogen) atoms. The van der Waals surface area contributed by atoms with Crippen LogP contribution in [0.5, 0.6) is 0 Å². The Balaban J connectivity index is 0.00000156. The van der Waals surface area contributed by atoms with Crippen molar-refractivity contribution in [1.82, 2.24) is 20.0 Å². The molecule has 0 radical (unpaired) electrons. The standard InChI is InChI=1S/C21H38N4O3.C2H6.H2/c1-4-23-11-13-24(14-12-23)8-5-19(26)25-9-6-21(7-10-25)15-18(28-21)16-22-20(27)17(2)3;1-2;/h17-18H,4-16H2,1-3H3,(H,22,27);1-2H3;1H. The summed E-state index contributed by atoms with van der Waals surface area (Å²) in [6.07, 6.45) is 3.59. The van der Waals surface area contributed by atoms with Crippen LogP contribution in [0, 0.1) is 5.92 Å². The number of ether oxygens (including phenoxy) is 1. The Bertz CT molecular complexity index is 537. The fraction of sp³-hybridized carbons (Fsp3) is 0.913. The summed E-state index contributed by atoms with van der Waals surface area (Å²) in [5, 5.41) is 2.95. The van der Waals surface area contributed by atoms with Gasteiger partial charge in [0, 0.05) is 72.5 Å². The molecule has 0 saturated carbocycles. The van der Waals surface area contributed by atoms with E-state index in [0.29, 0.717) is 13.0 Å². The molecule has 7 nitrogen and oxygen atoms in total. The van der Waals surface area contributed by atoms with Crippen molar-refractivity contribution in [3.05, 3.63) is 0 Å². The smallest absolute Gasteiger partial charge is 0.223 e. The predicted octanol–water partition coefficient (Wildman–Crippen LogP) is 2.21. The molecule has 1 N–H and O–H groups in total. The van der Waals surface area contributed by atoms with Gasteiger partial charge in [-0.05, 0) is 19.4 Å². The molecular formula is C23H46N4O3. The Morgan fingerprint density at radius 1 is 1.07 bits per heavy atom. The van der Waals surface area contributed by atoms with Gasteiger partial charge in [0.25, 0.3) is 0 Å². The number of carbonyl (C=O) groups is 2. The molecule has 1 atom stereocenters. The van der Waals surface area contributed by atoms with E-state index < -0.39 is 0 Å². The first-order valence-electron chi connectivity index (χ1n) is 12.1. The van der Waals surface area contributed by atoms with Crippen molar-refractivity contribution in [2.75, 3.05) is 58.9 Å². The number of hydrogen-bond donors (Lipinski definition) is 1. The molecule has 3 aliphatic heterocycles. The van der Waals surface area contributed by atoms with E-state index >= 15 is 0 Å². The van der Waals surface area contributed by atoms with Crippen LogP contribution in [0.1, 0.15) is 61.7 Å². The summed E-state index contributed by atoms with van der Waals surface area (Å²) >= 11 is 0. The highest BCUT2D eigenvalue weighted by atomic mass is 16.5. The predicted molar refractivity (Wildman–Crippen MR) is 123 cm³/mol. The first-order valence-corrected chi connectivity index (χ1v) is 12.1. The molecule has 3 fully saturated rings. The van der Waals surface area contributed by atoms with Crippen LogP contribution in [0.25, 0.3) is 0 Å². The van der Waals surface area contributed by atoms with Crippen LogP contribution in [-0.4, -0.2) is 97.1 Å². The van der Waals surface area contributed by atoms with Crippen molar-refractivity contribution in [3.63, 3.8) is 0 Å². The molecule has 176 valence electrons. The van der Waals surface area contributed by atoms with E-state index in [1.165, 1.54) is 0 Å². The van der Waals surface area contributed by atoms with Gasteiger partial charge >= 0.3 is 0 Å². The number of likely N-dealkylation sites (tertiary alicyclic amines) is 1. The lowest BCUT2D eigenvalue weighted by Gasteiger charge is -2.52. The van der Waals surface area contributed by atoms with Crippen molar-refractivity contribution >= 4 is 11.8 Å². The summed E-state index contributed by atoms with van der Waals surface area (Å²) in [7, 11) is 0. The van der Waals surface area contributed by atoms with Crippen molar-refractivity contribution in [2.45, 2.75) is 72.0 Å². The number of amides is 2. The molecule has 3 aliphatic rings. The van der Waals surface area contributed by atoms with Gasteiger partial charge < -0.3 is 24.8 Å². The number of hydrogen-bond acceptors (Lipinski definition) is 5. The van der Waals surface area contributed by atoms with E-state index in [4.69, 9.17) is 4.74 Å². The minimum Gasteiger partial charge on any atom is -0.370 e. The minimum atomic E-state index is -0.0551. The second-order valence-corrected chi connectivity index (χ2v) is 8.93. The molecule has 1 unspecified atom stereocenters. The summed E-state index contributed by atoms with van der Waals surface area (Å²) in [4.78, 5) is 31.1. The maximum absolute atomic E-state index is 12.6. The maximum atomic E-state index is 12.6. The number of rotatable bonds is 7. The van der Waals surface area contributed by atoms with Gasteiger partial charge in [-0.1, -0.05) is 34.6 Å². The van der Waals surface area contributed by atoms with Crippen LogP contribution in [0.3, 0.4) is 0 Å². The number of piperazine rings is 1. The lowest BCUT2D eigenvalue weighted by molar-refractivity contribution is -0.222. The third kappa shape index (κ3) is 6.92. The fourth-order valence-electron chi connectivity index (χ4n) is 4.52. The highest BCUT2D eigenvalue weighted by Gasteiger charge is 2.47. The maximum Gasteiger partial charge on any atom is 0.223 e. The fourth-order valence-corrected chi connectivity index (χ4v) is 4.52. The number of likely N-dealkylation sites (N-methyl/N-ethyl adjacent to an activating group) is 1. The Morgan fingerprint density at radius 3 is 2.17 bits per heavy atom. The Morgan fingerprint density at radius 2 is 1.63 bits per heavy atom. The Labute approximate surface area is 185 Å². The molecule has 3 heterocycles. The van der Waals surface area contributed by atoms with Crippen LogP contribution in [-0.2, 0) is 14.3 Å². The van der Waals surface area contributed by atoms with Crippen molar-refractivity contribution in [1.29, 1.82) is 0 Å². The van der Waals surface area contributed by atoms with Gasteiger partial charge in [-0.2, -0.15) is 0 Å². The zero-order valence-electron chi connectivity index (χ0n) is 19.9. The van der Waals surface area contributed by atoms with Gasteiger partial charge in [0.15, 0.2) is 0 Å².